The molecule has 10 heteroatoms. The van der Waals surface area contributed by atoms with E-state index in [2.05, 4.69) is 43.9 Å². The molecule has 3 heterocycles. The lowest BCUT2D eigenvalue weighted by atomic mass is 10.1. The molecule has 1 N–H and O–H groups in total. The third kappa shape index (κ3) is 4.78. The third-order valence-corrected chi connectivity index (χ3v) is 9.13. The minimum absolute atomic E-state index is 0.250. The fraction of sp³-hybridized carbons (Fsp3) is 0.360. The quantitative estimate of drug-likeness (QED) is 0.407. The molecule has 0 atom stereocenters. The van der Waals surface area contributed by atoms with Crippen molar-refractivity contribution in [3.63, 3.8) is 0 Å². The number of hydrogen-bond donors (Lipinski definition) is 1. The first-order chi connectivity index (χ1) is 16.8. The molecule has 4 aromatic rings. The van der Waals surface area contributed by atoms with Crippen molar-refractivity contribution in [1.29, 1.82) is 0 Å². The number of aryl methyl sites for hydroxylation is 2. The highest BCUT2D eigenvalue weighted by molar-refractivity contribution is 7.92. The van der Waals surface area contributed by atoms with E-state index in [1.165, 1.54) is 10.1 Å². The van der Waals surface area contributed by atoms with Gasteiger partial charge in [0.05, 0.1) is 21.8 Å². The summed E-state index contributed by atoms with van der Waals surface area (Å²) in [5.41, 5.74) is 2.74. The van der Waals surface area contributed by atoms with Crippen LogP contribution in [-0.2, 0) is 23.5 Å². The van der Waals surface area contributed by atoms with Crippen LogP contribution in [0.1, 0.15) is 17.0 Å². The molecule has 1 aliphatic rings. The SMILES string of the molecule is Cc1nn(C)c(C)c1S(=O)(=O)Nc1ccccc1CCN1CCN(c2nsc3ccccc23)CC1. The summed E-state index contributed by atoms with van der Waals surface area (Å²) in [6.45, 7) is 8.14. The molecule has 0 bridgehead atoms. The molecular weight excluding hydrogens is 480 g/mol. The summed E-state index contributed by atoms with van der Waals surface area (Å²) < 4.78 is 36.7. The van der Waals surface area contributed by atoms with Gasteiger partial charge in [-0.25, -0.2) is 8.42 Å². The van der Waals surface area contributed by atoms with E-state index in [9.17, 15) is 8.42 Å². The van der Waals surface area contributed by atoms with Gasteiger partial charge in [-0.2, -0.15) is 9.47 Å². The van der Waals surface area contributed by atoms with Gasteiger partial charge in [0, 0.05) is 45.2 Å². The van der Waals surface area contributed by atoms with E-state index in [1.54, 1.807) is 37.1 Å². The summed E-state index contributed by atoms with van der Waals surface area (Å²) in [5, 5.41) is 5.49. The van der Waals surface area contributed by atoms with E-state index in [4.69, 9.17) is 4.37 Å². The average molecular weight is 511 g/mol. The summed E-state index contributed by atoms with van der Waals surface area (Å²) in [7, 11) is -1.97. The second-order valence-corrected chi connectivity index (χ2v) is 11.4. The van der Waals surface area contributed by atoms with Gasteiger partial charge < -0.3 is 4.90 Å². The van der Waals surface area contributed by atoms with E-state index < -0.39 is 10.0 Å². The van der Waals surface area contributed by atoms with Gasteiger partial charge in [-0.15, -0.1) is 0 Å². The molecular formula is C25H30N6O2S2. The molecule has 0 amide bonds. The number of rotatable bonds is 7. The van der Waals surface area contributed by atoms with Crippen LogP contribution in [0.25, 0.3) is 10.1 Å². The zero-order valence-electron chi connectivity index (χ0n) is 20.2. The zero-order chi connectivity index (χ0) is 24.6. The first kappa shape index (κ1) is 23.8. The molecule has 0 spiro atoms. The number of aromatic nitrogens is 3. The molecule has 0 saturated carbocycles. The predicted octanol–water partition coefficient (Wildman–Crippen LogP) is 3.81. The normalized spacial score (nSPS) is 15.1. The molecule has 184 valence electrons. The van der Waals surface area contributed by atoms with Crippen molar-refractivity contribution in [3.8, 4) is 0 Å². The van der Waals surface area contributed by atoms with E-state index in [1.807, 2.05) is 24.3 Å². The Morgan fingerprint density at radius 1 is 1.00 bits per heavy atom. The monoisotopic (exact) mass is 510 g/mol. The van der Waals surface area contributed by atoms with Crippen LogP contribution in [0, 0.1) is 13.8 Å². The smallest absolute Gasteiger partial charge is 0.265 e. The van der Waals surface area contributed by atoms with Crippen LogP contribution in [0.4, 0.5) is 11.5 Å². The molecule has 5 rings (SSSR count). The highest BCUT2D eigenvalue weighted by Gasteiger charge is 2.25. The van der Waals surface area contributed by atoms with Crippen molar-refractivity contribution in [2.75, 3.05) is 42.3 Å². The Morgan fingerprint density at radius 3 is 2.46 bits per heavy atom. The molecule has 2 aromatic carbocycles. The number of benzene rings is 2. The van der Waals surface area contributed by atoms with Gasteiger partial charge in [0.15, 0.2) is 0 Å². The van der Waals surface area contributed by atoms with Crippen molar-refractivity contribution in [1.82, 2.24) is 19.1 Å². The number of nitrogens with one attached hydrogen (secondary N) is 1. The lowest BCUT2D eigenvalue weighted by Gasteiger charge is -2.35. The largest absolute Gasteiger partial charge is 0.353 e. The fourth-order valence-corrected chi connectivity index (χ4v) is 7.08. The van der Waals surface area contributed by atoms with Crippen LogP contribution in [-0.4, -0.2) is 60.2 Å². The molecule has 0 radical (unpaired) electrons. The number of fused-ring (bicyclic) bond motifs is 1. The van der Waals surface area contributed by atoms with Crippen LogP contribution in [0.15, 0.2) is 53.4 Å². The fourth-order valence-electron chi connectivity index (χ4n) is 4.74. The van der Waals surface area contributed by atoms with E-state index in [0.29, 0.717) is 17.1 Å². The Bertz CT molecular complexity index is 1450. The zero-order valence-corrected chi connectivity index (χ0v) is 21.9. The molecule has 1 fully saturated rings. The molecule has 35 heavy (non-hydrogen) atoms. The van der Waals surface area contributed by atoms with Crippen molar-refractivity contribution in [2.24, 2.45) is 7.05 Å². The number of sulfonamides is 1. The lowest BCUT2D eigenvalue weighted by molar-refractivity contribution is 0.261. The summed E-state index contributed by atoms with van der Waals surface area (Å²) in [6, 6.07) is 16.0. The van der Waals surface area contributed by atoms with Gasteiger partial charge in [-0.05, 0) is 55.6 Å². The van der Waals surface area contributed by atoms with Crippen molar-refractivity contribution >= 4 is 43.1 Å². The number of anilines is 2. The van der Waals surface area contributed by atoms with Gasteiger partial charge in [0.1, 0.15) is 10.7 Å². The first-order valence-corrected chi connectivity index (χ1v) is 14.0. The Morgan fingerprint density at radius 2 is 1.71 bits per heavy atom. The number of piperazine rings is 1. The first-order valence-electron chi connectivity index (χ1n) is 11.8. The molecule has 0 unspecified atom stereocenters. The van der Waals surface area contributed by atoms with Crippen LogP contribution < -0.4 is 9.62 Å². The Kier molecular flexibility index (Phi) is 6.52. The van der Waals surface area contributed by atoms with Crippen LogP contribution in [0.2, 0.25) is 0 Å². The Labute approximate surface area is 210 Å². The second-order valence-electron chi connectivity index (χ2n) is 8.97. The predicted molar refractivity (Wildman–Crippen MR) is 142 cm³/mol. The highest BCUT2D eigenvalue weighted by atomic mass is 32.2. The number of para-hydroxylation sites is 1. The van der Waals surface area contributed by atoms with Gasteiger partial charge >= 0.3 is 0 Å². The topological polar surface area (TPSA) is 83.4 Å². The summed E-state index contributed by atoms with van der Waals surface area (Å²) in [4.78, 5) is 5.06. The summed E-state index contributed by atoms with van der Waals surface area (Å²) >= 11 is 1.56. The molecule has 8 nitrogen and oxygen atoms in total. The Hall–Kier alpha value is -2.95. The van der Waals surface area contributed by atoms with Crippen molar-refractivity contribution < 1.29 is 8.42 Å². The minimum Gasteiger partial charge on any atom is -0.353 e. The average Bonchev–Trinajstić information content (AvgIpc) is 3.38. The van der Waals surface area contributed by atoms with Crippen molar-refractivity contribution in [3.05, 3.63) is 65.5 Å². The maximum absolute atomic E-state index is 13.2. The molecule has 0 aliphatic carbocycles. The molecule has 2 aromatic heterocycles. The molecule has 1 saturated heterocycles. The third-order valence-electron chi connectivity index (χ3n) is 6.70. The van der Waals surface area contributed by atoms with Crippen LogP contribution in [0.5, 0.6) is 0 Å². The maximum Gasteiger partial charge on any atom is 0.265 e. The van der Waals surface area contributed by atoms with E-state index in [0.717, 1.165) is 50.5 Å². The number of hydrogen-bond acceptors (Lipinski definition) is 7. The lowest BCUT2D eigenvalue weighted by Crippen LogP contribution is -2.47. The van der Waals surface area contributed by atoms with Crippen molar-refractivity contribution in [2.45, 2.75) is 25.2 Å². The standard InChI is InChI=1S/C25H30N6O2S2/c1-18-24(19(2)29(3)26-18)35(32,33)28-22-10-6-4-8-20(22)12-13-30-14-16-31(17-15-30)25-21-9-5-7-11-23(21)34-27-25/h4-11,28H,12-17H2,1-3H3. The summed E-state index contributed by atoms with van der Waals surface area (Å²) in [5.74, 6) is 1.09. The second kappa shape index (κ2) is 9.60. The highest BCUT2D eigenvalue weighted by Crippen LogP contribution is 2.30. The van der Waals surface area contributed by atoms with Crippen LogP contribution >= 0.6 is 11.5 Å². The Balaban J connectivity index is 1.23. The maximum atomic E-state index is 13.2. The molecule has 1 aliphatic heterocycles. The number of nitrogens with zero attached hydrogens (tertiary/aromatic N) is 5. The van der Waals surface area contributed by atoms with E-state index >= 15 is 0 Å². The van der Waals surface area contributed by atoms with Gasteiger partial charge in [0.25, 0.3) is 10.0 Å². The van der Waals surface area contributed by atoms with E-state index in [-0.39, 0.29) is 4.90 Å². The van der Waals surface area contributed by atoms with Crippen LogP contribution in [0.3, 0.4) is 0 Å². The summed E-state index contributed by atoms with van der Waals surface area (Å²) in [6.07, 6.45) is 0.767. The minimum atomic E-state index is -3.73. The van der Waals surface area contributed by atoms with Gasteiger partial charge in [0.2, 0.25) is 0 Å². The van der Waals surface area contributed by atoms with Gasteiger partial charge in [-0.3, -0.25) is 14.3 Å². The van der Waals surface area contributed by atoms with Gasteiger partial charge in [-0.1, -0.05) is 30.3 Å².